The largest absolute Gasteiger partial charge is 0.305 e. The van der Waals surface area contributed by atoms with E-state index >= 15 is 0 Å². The first-order valence-corrected chi connectivity index (χ1v) is 21.3. The van der Waals surface area contributed by atoms with E-state index in [2.05, 4.69) is 78.1 Å². The van der Waals surface area contributed by atoms with Crippen LogP contribution in [0.5, 0.6) is 0 Å². The molecule has 3 heterocycles. The van der Waals surface area contributed by atoms with Crippen molar-refractivity contribution in [1.29, 1.82) is 0 Å². The number of thiophene rings is 1. The van der Waals surface area contributed by atoms with E-state index in [9.17, 15) is 0 Å². The van der Waals surface area contributed by atoms with Crippen molar-refractivity contribution in [3.05, 3.63) is 163 Å². The Balaban J connectivity index is 0.000000220. The van der Waals surface area contributed by atoms with Crippen LogP contribution in [0.25, 0.3) is 64.9 Å². The first kappa shape index (κ1) is 29.0. The summed E-state index contributed by atoms with van der Waals surface area (Å²) in [4.78, 5) is 9.15. The van der Waals surface area contributed by atoms with E-state index in [4.69, 9.17) is 9.60 Å². The molecule has 0 saturated heterocycles. The molecule has 0 bridgehead atoms. The van der Waals surface area contributed by atoms with Crippen LogP contribution in [-0.2, 0) is 26.5 Å². The Morgan fingerprint density at radius 3 is 2.23 bits per heavy atom. The van der Waals surface area contributed by atoms with Gasteiger partial charge in [-0.1, -0.05) is 129 Å². The molecule has 0 aliphatic rings. The van der Waals surface area contributed by atoms with E-state index in [0.717, 1.165) is 58.9 Å². The maximum atomic E-state index is 8.55. The fraction of sp³-hybridized carbons (Fsp3) is 0.149. The van der Waals surface area contributed by atoms with Gasteiger partial charge in [-0.2, -0.15) is 11.3 Å². The van der Waals surface area contributed by atoms with Crippen molar-refractivity contribution < 1.29 is 29.7 Å². The summed E-state index contributed by atoms with van der Waals surface area (Å²) in [6.07, 6.45) is 2.14. The van der Waals surface area contributed by atoms with E-state index in [0.29, 0.717) is 11.3 Å². The Morgan fingerprint density at radius 1 is 0.731 bits per heavy atom. The zero-order chi connectivity index (χ0) is 41.5. The molecule has 0 aliphatic heterocycles. The monoisotopic (exact) mass is 894 g/mol. The maximum Gasteiger partial charge on any atom is 0.0798 e. The Kier molecular flexibility index (Phi) is 9.17. The third kappa shape index (κ3) is 8.41. The molecule has 0 N–H and O–H groups in total. The maximum absolute atomic E-state index is 8.55. The quantitative estimate of drug-likeness (QED) is 0.118. The second kappa shape index (κ2) is 16.4. The summed E-state index contributed by atoms with van der Waals surface area (Å²) < 4.78 is 59.9. The Morgan fingerprint density at radius 2 is 1.50 bits per heavy atom. The molecule has 1 radical (unpaired) electrons. The number of hydrogen-bond acceptors (Lipinski definition) is 3. The number of aromatic nitrogens is 2. The fourth-order valence-corrected chi connectivity index (χ4v) is 8.69. The number of fused-ring (bicyclic) bond motifs is 3. The molecular formula is C47H42IrN2SSi-2. The molecule has 0 fully saturated rings. The van der Waals surface area contributed by atoms with Crippen LogP contribution in [-0.4, -0.2) is 18.0 Å². The summed E-state index contributed by atoms with van der Waals surface area (Å²) >= 11 is 1.68. The molecule has 0 unspecified atom stereocenters. The normalized spacial score (nSPS) is 13.5. The summed E-state index contributed by atoms with van der Waals surface area (Å²) in [5.41, 5.74) is 6.97. The number of rotatable bonds is 7. The molecule has 52 heavy (non-hydrogen) atoms. The average molecular weight is 894 g/mol. The van der Waals surface area contributed by atoms with Crippen molar-refractivity contribution in [3.63, 3.8) is 0 Å². The Hall–Kier alpha value is -4.51. The van der Waals surface area contributed by atoms with Crippen molar-refractivity contribution in [3.8, 4) is 44.8 Å². The van der Waals surface area contributed by atoms with Gasteiger partial charge in [0.1, 0.15) is 0 Å². The smallest absolute Gasteiger partial charge is 0.0798 e. The summed E-state index contributed by atoms with van der Waals surface area (Å²) in [7, 11) is -1.67. The van der Waals surface area contributed by atoms with Gasteiger partial charge in [0.2, 0.25) is 0 Å². The van der Waals surface area contributed by atoms with Crippen molar-refractivity contribution >= 4 is 44.8 Å². The van der Waals surface area contributed by atoms with Gasteiger partial charge in [-0.05, 0) is 73.3 Å². The van der Waals surface area contributed by atoms with Crippen LogP contribution in [0.1, 0.15) is 29.0 Å². The predicted molar refractivity (Wildman–Crippen MR) is 222 cm³/mol. The van der Waals surface area contributed by atoms with Gasteiger partial charge in [0, 0.05) is 39.9 Å². The number of benzene rings is 5. The molecular weight excluding hydrogens is 845 g/mol. The predicted octanol–water partition coefficient (Wildman–Crippen LogP) is 12.5. The molecule has 5 aromatic carbocycles. The second-order valence-electron chi connectivity index (χ2n) is 13.6. The van der Waals surface area contributed by atoms with E-state index in [1.807, 2.05) is 74.6 Å². The molecule has 0 amide bonds. The molecule has 0 aliphatic carbocycles. The third-order valence-corrected chi connectivity index (χ3v) is 11.7. The van der Waals surface area contributed by atoms with E-state index in [-0.39, 0.29) is 55.8 Å². The topological polar surface area (TPSA) is 25.8 Å². The molecule has 8 rings (SSSR count). The molecule has 8 aromatic rings. The number of hydrogen-bond donors (Lipinski definition) is 0. The molecule has 0 saturated carbocycles. The van der Waals surface area contributed by atoms with Crippen LogP contribution in [0.15, 0.2) is 146 Å². The Labute approximate surface area is 336 Å². The minimum Gasteiger partial charge on any atom is -0.305 e. The summed E-state index contributed by atoms with van der Waals surface area (Å²) in [5.74, 6) is -0.0856. The van der Waals surface area contributed by atoms with Gasteiger partial charge in [0.05, 0.1) is 14.9 Å². The third-order valence-electron chi connectivity index (χ3n) is 8.49. The van der Waals surface area contributed by atoms with E-state index in [1.54, 1.807) is 29.7 Å². The molecule has 0 atom stereocenters. The number of pyridine rings is 2. The van der Waals surface area contributed by atoms with Crippen molar-refractivity contribution in [2.45, 2.75) is 39.9 Å². The van der Waals surface area contributed by atoms with Crippen LogP contribution in [0.3, 0.4) is 0 Å². The zero-order valence-electron chi connectivity index (χ0n) is 36.7. The molecule has 2 nitrogen and oxygen atoms in total. The summed E-state index contributed by atoms with van der Waals surface area (Å²) in [6.45, 7) is 10.6. The minimum atomic E-state index is -1.67. The van der Waals surface area contributed by atoms with E-state index in [1.165, 1.54) is 0 Å². The van der Waals surface area contributed by atoms with Crippen LogP contribution < -0.4 is 5.19 Å². The van der Waals surface area contributed by atoms with Crippen molar-refractivity contribution in [2.75, 3.05) is 0 Å². The summed E-state index contributed by atoms with van der Waals surface area (Å²) in [6, 6.07) is 38.7. The first-order chi connectivity index (χ1) is 27.6. The van der Waals surface area contributed by atoms with E-state index < -0.39 is 20.5 Å². The molecule has 5 heteroatoms. The zero-order valence-corrected chi connectivity index (χ0v) is 33.9. The molecule has 3 aromatic heterocycles. The summed E-state index contributed by atoms with van der Waals surface area (Å²) in [5, 5.41) is 3.37. The average Bonchev–Trinajstić information content (AvgIpc) is 3.61. The number of nitrogens with zero attached hydrogens (tertiary/aromatic N) is 2. The van der Waals surface area contributed by atoms with Gasteiger partial charge < -0.3 is 9.97 Å². The van der Waals surface area contributed by atoms with Gasteiger partial charge >= 0.3 is 0 Å². The van der Waals surface area contributed by atoms with Gasteiger partial charge in [-0.25, -0.2) is 0 Å². The van der Waals surface area contributed by atoms with Gasteiger partial charge in [0.25, 0.3) is 0 Å². The standard InChI is InChI=1S/C29H18NS.C18H24NSi.Ir/c1-3-8-20(9-4-1)22-14-15-24-25-12-7-13-26(29(25)31-28(24)19-22)27-18-23(16-17-30-27)21-10-5-2-6-11-21;1-14(2)11-16-12-17(15-9-7-6-8-10-15)19-13-18(16)20(3,4)5;/h1-12,14-19H;6-9,12-14H,11H2,1-5H3;/q2*-1;/i2D,5D,6D,10D,11D;11D2;. The van der Waals surface area contributed by atoms with Crippen molar-refractivity contribution in [2.24, 2.45) is 5.92 Å². The minimum absolute atomic E-state index is 0. The van der Waals surface area contributed by atoms with Gasteiger partial charge in [-0.3, -0.25) is 0 Å². The van der Waals surface area contributed by atoms with Gasteiger partial charge in [-0.15, -0.1) is 59.7 Å². The van der Waals surface area contributed by atoms with Crippen LogP contribution in [0.4, 0.5) is 0 Å². The Bertz CT molecular complexity index is 2760. The SMILES string of the molecule is [2H]C([2H])(c1cc(-c2[c-]cccc2)ncc1[Si](C)(C)C)C(C)C.[2H]c1c([2H])c([2H])c(-c2ccnc(-c3[c-]ccc4c3sc3cc(-c5ccccc5)ccc34)c2)c([2H])c1[2H].[Ir]. The van der Waals surface area contributed by atoms with Crippen molar-refractivity contribution in [1.82, 2.24) is 9.97 Å². The first-order valence-electron chi connectivity index (χ1n) is 20.5. The molecule has 0 spiro atoms. The molecule has 261 valence electrons. The van der Waals surface area contributed by atoms with Crippen LogP contribution in [0.2, 0.25) is 19.6 Å². The van der Waals surface area contributed by atoms with Gasteiger partial charge in [0.15, 0.2) is 0 Å². The second-order valence-corrected chi connectivity index (χ2v) is 19.7. The van der Waals surface area contributed by atoms with Crippen LogP contribution >= 0.6 is 11.3 Å². The van der Waals surface area contributed by atoms with Crippen LogP contribution in [0, 0.1) is 18.1 Å². The fourth-order valence-electron chi connectivity index (χ4n) is 6.04.